The van der Waals surface area contributed by atoms with Crippen molar-refractivity contribution in [3.8, 4) is 0 Å². The van der Waals surface area contributed by atoms with Crippen molar-refractivity contribution in [2.45, 2.75) is 13.0 Å². The second-order valence-corrected chi connectivity index (χ2v) is 5.14. The highest BCUT2D eigenvalue weighted by Crippen LogP contribution is 2.01. The minimum atomic E-state index is 0.688. The van der Waals surface area contributed by atoms with Crippen LogP contribution in [-0.2, 0) is 20.0 Å². The Hall–Kier alpha value is -2.30. The van der Waals surface area contributed by atoms with Crippen LogP contribution in [0.2, 0.25) is 0 Å². The second kappa shape index (κ2) is 7.47. The van der Waals surface area contributed by atoms with Gasteiger partial charge in [0, 0.05) is 46.0 Å². The number of aromatic nitrogens is 2. The van der Waals surface area contributed by atoms with E-state index in [4.69, 9.17) is 0 Å². The number of rotatable bonds is 5. The molecule has 0 bridgehead atoms. The molecule has 0 aliphatic carbocycles. The van der Waals surface area contributed by atoms with E-state index in [2.05, 4.69) is 27.5 Å². The molecular formula is C16H23N5. The van der Waals surface area contributed by atoms with E-state index in [-0.39, 0.29) is 0 Å². The van der Waals surface area contributed by atoms with E-state index in [0.717, 1.165) is 18.9 Å². The predicted molar refractivity (Wildman–Crippen MR) is 86.2 cm³/mol. The van der Waals surface area contributed by atoms with Gasteiger partial charge in [-0.15, -0.1) is 0 Å². The van der Waals surface area contributed by atoms with Crippen LogP contribution in [0.3, 0.4) is 0 Å². The maximum atomic E-state index is 4.64. The molecule has 1 aromatic heterocycles. The fourth-order valence-corrected chi connectivity index (χ4v) is 2.05. The summed E-state index contributed by atoms with van der Waals surface area (Å²) in [6, 6.07) is 12.3. The van der Waals surface area contributed by atoms with Gasteiger partial charge in [-0.3, -0.25) is 4.68 Å². The van der Waals surface area contributed by atoms with Crippen LogP contribution in [0.4, 0.5) is 0 Å². The van der Waals surface area contributed by atoms with Gasteiger partial charge in [-0.05, 0) is 11.6 Å². The van der Waals surface area contributed by atoms with Crippen molar-refractivity contribution in [3.05, 3.63) is 53.9 Å². The first kappa shape index (κ1) is 15.1. The topological polar surface area (TPSA) is 45.4 Å². The van der Waals surface area contributed by atoms with Gasteiger partial charge in [0.15, 0.2) is 5.96 Å². The zero-order valence-corrected chi connectivity index (χ0v) is 13.0. The summed E-state index contributed by atoms with van der Waals surface area (Å²) in [6.45, 7) is 1.53. The van der Waals surface area contributed by atoms with Crippen LogP contribution >= 0.6 is 0 Å². The molecule has 0 saturated carbocycles. The van der Waals surface area contributed by atoms with Gasteiger partial charge >= 0.3 is 0 Å². The fourth-order valence-electron chi connectivity index (χ4n) is 2.05. The molecule has 0 amide bonds. The molecule has 0 aliphatic rings. The number of hydrogen-bond acceptors (Lipinski definition) is 2. The summed E-state index contributed by atoms with van der Waals surface area (Å²) >= 11 is 0. The first-order chi connectivity index (χ1) is 10.2. The maximum Gasteiger partial charge on any atom is 0.193 e. The normalized spacial score (nSPS) is 11.5. The molecule has 0 unspecified atom stereocenters. The molecular weight excluding hydrogens is 262 g/mol. The zero-order chi connectivity index (χ0) is 15.1. The number of hydrogen-bond donors (Lipinski definition) is 1. The quantitative estimate of drug-likeness (QED) is 0.671. The fraction of sp³-hybridized carbons (Fsp3) is 0.375. The minimum absolute atomic E-state index is 0.688. The Kier molecular flexibility index (Phi) is 5.37. The van der Waals surface area contributed by atoms with Crippen molar-refractivity contribution in [2.24, 2.45) is 12.0 Å². The average Bonchev–Trinajstić information content (AvgIpc) is 2.89. The lowest BCUT2D eigenvalue weighted by molar-refractivity contribution is 0.576. The molecule has 0 radical (unpaired) electrons. The SMILES string of the molecule is CN(C)C(=NCc1ccccc1)NCCc1ccnn1C. The summed E-state index contributed by atoms with van der Waals surface area (Å²) < 4.78 is 1.90. The molecule has 21 heavy (non-hydrogen) atoms. The van der Waals surface area contributed by atoms with Crippen LogP contribution in [0.1, 0.15) is 11.3 Å². The summed E-state index contributed by atoms with van der Waals surface area (Å²) in [6.07, 6.45) is 2.75. The van der Waals surface area contributed by atoms with Crippen molar-refractivity contribution in [2.75, 3.05) is 20.6 Å². The van der Waals surface area contributed by atoms with Crippen molar-refractivity contribution in [3.63, 3.8) is 0 Å². The van der Waals surface area contributed by atoms with Gasteiger partial charge in [0.1, 0.15) is 0 Å². The van der Waals surface area contributed by atoms with Crippen LogP contribution in [0.25, 0.3) is 0 Å². The Labute approximate surface area is 126 Å². The monoisotopic (exact) mass is 285 g/mol. The van der Waals surface area contributed by atoms with E-state index < -0.39 is 0 Å². The summed E-state index contributed by atoms with van der Waals surface area (Å²) in [5.41, 5.74) is 2.42. The third-order valence-corrected chi connectivity index (χ3v) is 3.26. The number of aliphatic imine (C=N–C) groups is 1. The van der Waals surface area contributed by atoms with E-state index in [1.54, 1.807) is 0 Å². The van der Waals surface area contributed by atoms with Crippen molar-refractivity contribution in [1.82, 2.24) is 20.0 Å². The first-order valence-electron chi connectivity index (χ1n) is 7.13. The summed E-state index contributed by atoms with van der Waals surface area (Å²) in [5.74, 6) is 0.904. The van der Waals surface area contributed by atoms with Crippen molar-refractivity contribution < 1.29 is 0 Å². The second-order valence-electron chi connectivity index (χ2n) is 5.14. The Morgan fingerprint density at radius 3 is 2.62 bits per heavy atom. The van der Waals surface area contributed by atoms with Gasteiger partial charge in [-0.2, -0.15) is 5.10 Å². The summed E-state index contributed by atoms with van der Waals surface area (Å²) in [7, 11) is 5.97. The lowest BCUT2D eigenvalue weighted by atomic mass is 10.2. The molecule has 0 spiro atoms. The Bertz CT molecular complexity index is 571. The highest BCUT2D eigenvalue weighted by Gasteiger charge is 2.03. The molecule has 1 aromatic carbocycles. The van der Waals surface area contributed by atoms with Gasteiger partial charge in [-0.25, -0.2) is 4.99 Å². The molecule has 1 N–H and O–H groups in total. The predicted octanol–water partition coefficient (Wildman–Crippen LogP) is 1.67. The Morgan fingerprint density at radius 2 is 2.00 bits per heavy atom. The van der Waals surface area contributed by atoms with Crippen LogP contribution in [0.15, 0.2) is 47.6 Å². The molecule has 0 saturated heterocycles. The molecule has 5 heteroatoms. The molecule has 2 rings (SSSR count). The van der Waals surface area contributed by atoms with Crippen LogP contribution in [-0.4, -0.2) is 41.3 Å². The molecule has 5 nitrogen and oxygen atoms in total. The van der Waals surface area contributed by atoms with Crippen molar-refractivity contribution >= 4 is 5.96 Å². The van der Waals surface area contributed by atoms with Gasteiger partial charge in [0.2, 0.25) is 0 Å². The summed E-state index contributed by atoms with van der Waals surface area (Å²) in [5, 5.41) is 7.56. The summed E-state index contributed by atoms with van der Waals surface area (Å²) in [4.78, 5) is 6.65. The molecule has 0 atom stereocenters. The standard InChI is InChI=1S/C16H23N5/c1-20(2)16(18-13-14-7-5-4-6-8-14)17-11-9-15-10-12-19-21(15)3/h4-8,10,12H,9,11,13H2,1-3H3,(H,17,18). The number of nitrogens with one attached hydrogen (secondary N) is 1. The van der Waals surface area contributed by atoms with Gasteiger partial charge in [0.05, 0.1) is 6.54 Å². The number of guanidine groups is 1. The molecule has 0 aliphatic heterocycles. The van der Waals surface area contributed by atoms with Gasteiger partial charge in [-0.1, -0.05) is 30.3 Å². The van der Waals surface area contributed by atoms with Crippen LogP contribution < -0.4 is 5.32 Å². The smallest absolute Gasteiger partial charge is 0.193 e. The lowest BCUT2D eigenvalue weighted by Gasteiger charge is -2.17. The minimum Gasteiger partial charge on any atom is -0.356 e. The first-order valence-corrected chi connectivity index (χ1v) is 7.13. The van der Waals surface area contributed by atoms with Crippen LogP contribution in [0, 0.1) is 0 Å². The Morgan fingerprint density at radius 1 is 1.24 bits per heavy atom. The highest BCUT2D eigenvalue weighted by atomic mass is 15.3. The highest BCUT2D eigenvalue weighted by molar-refractivity contribution is 5.79. The van der Waals surface area contributed by atoms with E-state index in [0.29, 0.717) is 6.54 Å². The van der Waals surface area contributed by atoms with Gasteiger partial charge < -0.3 is 10.2 Å². The average molecular weight is 285 g/mol. The largest absolute Gasteiger partial charge is 0.356 e. The molecule has 2 aromatic rings. The van der Waals surface area contributed by atoms with E-state index in [1.807, 2.05) is 61.2 Å². The molecule has 0 fully saturated rings. The van der Waals surface area contributed by atoms with Gasteiger partial charge in [0.25, 0.3) is 0 Å². The van der Waals surface area contributed by atoms with E-state index in [9.17, 15) is 0 Å². The third kappa shape index (κ3) is 4.63. The molecule has 112 valence electrons. The lowest BCUT2D eigenvalue weighted by Crippen LogP contribution is -2.37. The van der Waals surface area contributed by atoms with E-state index in [1.165, 1.54) is 11.3 Å². The van der Waals surface area contributed by atoms with Crippen LogP contribution in [0.5, 0.6) is 0 Å². The van der Waals surface area contributed by atoms with E-state index >= 15 is 0 Å². The molecule has 1 heterocycles. The number of aryl methyl sites for hydroxylation is 1. The number of benzene rings is 1. The zero-order valence-electron chi connectivity index (χ0n) is 13.0. The van der Waals surface area contributed by atoms with Crippen molar-refractivity contribution in [1.29, 1.82) is 0 Å². The third-order valence-electron chi connectivity index (χ3n) is 3.26. The number of nitrogens with zero attached hydrogens (tertiary/aromatic N) is 4. The maximum absolute atomic E-state index is 4.64. The Balaban J connectivity index is 1.88.